The van der Waals surface area contributed by atoms with E-state index in [1.165, 1.54) is 0 Å². The van der Waals surface area contributed by atoms with Gasteiger partial charge in [-0.2, -0.15) is 6.42 Å². The molecule has 32 valence electrons. The standard InChI is InChI=1S/C4H10N.Li/c1-2-3-4-5;/h1-5H2;/q-1;+1. The maximum atomic E-state index is 5.10. The maximum absolute atomic E-state index is 5.10. The van der Waals surface area contributed by atoms with Crippen LogP contribution in [0.15, 0.2) is 0 Å². The van der Waals surface area contributed by atoms with Gasteiger partial charge in [-0.25, -0.2) is 0 Å². The van der Waals surface area contributed by atoms with E-state index in [1.807, 2.05) is 0 Å². The van der Waals surface area contributed by atoms with Crippen molar-refractivity contribution in [2.75, 3.05) is 6.54 Å². The van der Waals surface area contributed by atoms with E-state index < -0.39 is 0 Å². The second-order valence-electron chi connectivity index (χ2n) is 0.996. The van der Waals surface area contributed by atoms with Gasteiger partial charge in [-0.15, -0.1) is 0 Å². The molecule has 0 aromatic heterocycles. The molecule has 0 amide bonds. The zero-order valence-electron chi connectivity index (χ0n) is 4.41. The predicted molar refractivity (Wildman–Crippen MR) is 23.6 cm³/mol. The SMILES string of the molecule is [CH2-]CCCN.[Li+]. The molecule has 0 unspecified atom stereocenters. The van der Waals surface area contributed by atoms with Gasteiger partial charge >= 0.3 is 18.9 Å². The van der Waals surface area contributed by atoms with Crippen LogP contribution < -0.4 is 24.6 Å². The van der Waals surface area contributed by atoms with Crippen molar-refractivity contribution in [1.29, 1.82) is 0 Å². The molecule has 0 saturated heterocycles. The fourth-order valence-corrected chi connectivity index (χ4v) is 0.144. The summed E-state index contributed by atoms with van der Waals surface area (Å²) in [6, 6.07) is 0. The van der Waals surface area contributed by atoms with Crippen molar-refractivity contribution in [3.8, 4) is 0 Å². The van der Waals surface area contributed by atoms with Gasteiger partial charge in [0.15, 0.2) is 0 Å². The third kappa shape index (κ3) is 8.82. The van der Waals surface area contributed by atoms with Crippen molar-refractivity contribution in [2.45, 2.75) is 12.8 Å². The Morgan fingerprint density at radius 1 is 1.50 bits per heavy atom. The molecule has 2 N–H and O–H groups in total. The van der Waals surface area contributed by atoms with Gasteiger partial charge in [-0.1, -0.05) is 6.42 Å². The zero-order chi connectivity index (χ0) is 4.12. The van der Waals surface area contributed by atoms with E-state index in [-0.39, 0.29) is 18.9 Å². The van der Waals surface area contributed by atoms with Crippen LogP contribution in [0.4, 0.5) is 0 Å². The van der Waals surface area contributed by atoms with Gasteiger partial charge < -0.3 is 12.7 Å². The van der Waals surface area contributed by atoms with E-state index in [1.54, 1.807) is 0 Å². The molecule has 0 saturated carbocycles. The van der Waals surface area contributed by atoms with Gasteiger partial charge in [-0.3, -0.25) is 0 Å². The van der Waals surface area contributed by atoms with Crippen LogP contribution in [-0.2, 0) is 0 Å². The molecule has 0 radical (unpaired) electrons. The Kier molecular flexibility index (Phi) is 14.8. The molecule has 0 heterocycles. The monoisotopic (exact) mass is 79.1 g/mol. The first kappa shape index (κ1) is 9.75. The molecule has 0 spiro atoms. The number of nitrogens with two attached hydrogens (primary N) is 1. The van der Waals surface area contributed by atoms with Crippen molar-refractivity contribution >= 4 is 0 Å². The summed E-state index contributed by atoms with van der Waals surface area (Å²) in [5.41, 5.74) is 5.10. The second kappa shape index (κ2) is 9.12. The normalized spacial score (nSPS) is 7.00. The first-order valence-corrected chi connectivity index (χ1v) is 1.91. The zero-order valence-corrected chi connectivity index (χ0v) is 4.41. The minimum Gasteiger partial charge on any atom is -0.343 e. The Morgan fingerprint density at radius 3 is 2.00 bits per heavy atom. The van der Waals surface area contributed by atoms with E-state index >= 15 is 0 Å². The van der Waals surface area contributed by atoms with Gasteiger partial charge in [0.05, 0.1) is 0 Å². The van der Waals surface area contributed by atoms with Gasteiger partial charge in [0, 0.05) is 0 Å². The van der Waals surface area contributed by atoms with Crippen LogP contribution in [-0.4, -0.2) is 6.54 Å². The summed E-state index contributed by atoms with van der Waals surface area (Å²) in [5.74, 6) is 0. The molecule has 2 heteroatoms. The molecule has 0 rings (SSSR count). The second-order valence-corrected chi connectivity index (χ2v) is 0.996. The third-order valence-corrected chi connectivity index (χ3v) is 0.454. The van der Waals surface area contributed by atoms with Gasteiger partial charge in [0.25, 0.3) is 0 Å². The smallest absolute Gasteiger partial charge is 0.343 e. The summed E-state index contributed by atoms with van der Waals surface area (Å²) < 4.78 is 0. The van der Waals surface area contributed by atoms with Crippen LogP contribution in [0.1, 0.15) is 12.8 Å². The van der Waals surface area contributed by atoms with Crippen molar-refractivity contribution in [1.82, 2.24) is 0 Å². The topological polar surface area (TPSA) is 26.0 Å². The van der Waals surface area contributed by atoms with Gasteiger partial charge in [0.1, 0.15) is 0 Å². The first-order valence-electron chi connectivity index (χ1n) is 1.91. The van der Waals surface area contributed by atoms with E-state index in [4.69, 9.17) is 5.73 Å². The fourth-order valence-electron chi connectivity index (χ4n) is 0.144. The predicted octanol–water partition coefficient (Wildman–Crippen LogP) is -2.44. The molecular formula is C4H10LiN. The fraction of sp³-hybridized carbons (Fsp3) is 0.750. The molecule has 0 atom stereocenters. The Bertz CT molecular complexity index is 15.0. The Labute approximate surface area is 51.5 Å². The average molecular weight is 79.1 g/mol. The van der Waals surface area contributed by atoms with Crippen LogP contribution in [0.3, 0.4) is 0 Å². The van der Waals surface area contributed by atoms with Crippen molar-refractivity contribution in [3.63, 3.8) is 0 Å². The number of hydrogen-bond donors (Lipinski definition) is 1. The Hall–Kier alpha value is 0.557. The van der Waals surface area contributed by atoms with Crippen LogP contribution in [0.2, 0.25) is 0 Å². The number of unbranched alkanes of at least 4 members (excludes halogenated alkanes) is 1. The molecule has 1 nitrogen and oxygen atoms in total. The molecular weight excluding hydrogens is 69.0 g/mol. The summed E-state index contributed by atoms with van der Waals surface area (Å²) in [7, 11) is 0. The summed E-state index contributed by atoms with van der Waals surface area (Å²) in [6.45, 7) is 4.38. The van der Waals surface area contributed by atoms with Crippen LogP contribution >= 0.6 is 0 Å². The first-order chi connectivity index (χ1) is 2.41. The van der Waals surface area contributed by atoms with Gasteiger partial charge in [0.2, 0.25) is 0 Å². The quantitative estimate of drug-likeness (QED) is 0.289. The number of rotatable bonds is 2. The molecule has 0 aliphatic heterocycles. The molecule has 0 bridgehead atoms. The molecule has 0 aliphatic carbocycles. The van der Waals surface area contributed by atoms with E-state index in [2.05, 4.69) is 6.92 Å². The average Bonchev–Trinajstić information content (AvgIpc) is 1.41. The molecule has 0 aliphatic rings. The summed E-state index contributed by atoms with van der Waals surface area (Å²) in [4.78, 5) is 0. The van der Waals surface area contributed by atoms with E-state index in [9.17, 15) is 0 Å². The summed E-state index contributed by atoms with van der Waals surface area (Å²) in [6.07, 6.45) is 2.02. The summed E-state index contributed by atoms with van der Waals surface area (Å²) >= 11 is 0. The minimum atomic E-state index is 0. The van der Waals surface area contributed by atoms with E-state index in [0.29, 0.717) is 0 Å². The molecule has 0 fully saturated rings. The molecule has 0 aromatic rings. The van der Waals surface area contributed by atoms with Crippen LogP contribution in [0.5, 0.6) is 0 Å². The van der Waals surface area contributed by atoms with E-state index in [0.717, 1.165) is 19.4 Å². The van der Waals surface area contributed by atoms with Crippen molar-refractivity contribution < 1.29 is 18.9 Å². The number of hydrogen-bond acceptors (Lipinski definition) is 1. The van der Waals surface area contributed by atoms with Gasteiger partial charge in [-0.05, 0) is 6.54 Å². The Morgan fingerprint density at radius 2 is 2.00 bits per heavy atom. The largest absolute Gasteiger partial charge is 1.00 e. The third-order valence-electron chi connectivity index (χ3n) is 0.454. The maximum Gasteiger partial charge on any atom is 1.00 e. The summed E-state index contributed by atoms with van der Waals surface area (Å²) in [5, 5.41) is 0. The minimum absolute atomic E-state index is 0. The van der Waals surface area contributed by atoms with Crippen molar-refractivity contribution in [2.24, 2.45) is 5.73 Å². The molecule has 6 heavy (non-hydrogen) atoms. The van der Waals surface area contributed by atoms with Crippen molar-refractivity contribution in [3.05, 3.63) is 6.92 Å². The van der Waals surface area contributed by atoms with Crippen LogP contribution in [0.25, 0.3) is 0 Å². The Balaban J connectivity index is 0. The van der Waals surface area contributed by atoms with Crippen LogP contribution in [0, 0.1) is 6.92 Å². The molecule has 0 aromatic carbocycles.